The number of thiophene rings is 3. The fraction of sp³-hybridized carbons (Fsp3) is 0.0455. The third kappa shape index (κ3) is 1.98. The lowest BCUT2D eigenvalue weighted by Gasteiger charge is -1.98. The molecule has 4 heteroatoms. The van der Waals surface area contributed by atoms with E-state index in [1.807, 2.05) is 28.9 Å². The summed E-state index contributed by atoms with van der Waals surface area (Å²) >= 11 is 5.58. The van der Waals surface area contributed by atoms with Crippen molar-refractivity contribution in [3.05, 3.63) is 65.7 Å². The zero-order chi connectivity index (χ0) is 17.3. The summed E-state index contributed by atoms with van der Waals surface area (Å²) in [6.45, 7) is 2.14. The summed E-state index contributed by atoms with van der Waals surface area (Å²) in [7, 11) is 0. The van der Waals surface area contributed by atoms with Crippen molar-refractivity contribution in [3.8, 4) is 10.6 Å². The first kappa shape index (κ1) is 14.9. The number of pyridine rings is 1. The largest absolute Gasteiger partial charge is 0.254 e. The first-order valence-corrected chi connectivity index (χ1v) is 11.0. The van der Waals surface area contributed by atoms with Gasteiger partial charge in [-0.05, 0) is 36.1 Å². The molecular formula is C22H13NS3. The van der Waals surface area contributed by atoms with Crippen LogP contribution in [0.25, 0.3) is 50.9 Å². The molecule has 0 fully saturated rings. The van der Waals surface area contributed by atoms with Gasteiger partial charge >= 0.3 is 0 Å². The lowest BCUT2D eigenvalue weighted by molar-refractivity contribution is 1.38. The second kappa shape index (κ2) is 5.36. The fourth-order valence-electron chi connectivity index (χ4n) is 3.67. The molecule has 0 atom stereocenters. The Morgan fingerprint density at radius 1 is 0.769 bits per heavy atom. The Hall–Kier alpha value is -2.27. The Bertz CT molecular complexity index is 1450. The van der Waals surface area contributed by atoms with Crippen LogP contribution in [-0.4, -0.2) is 4.98 Å². The molecule has 26 heavy (non-hydrogen) atoms. The van der Waals surface area contributed by atoms with E-state index in [-0.39, 0.29) is 0 Å². The number of hydrogen-bond acceptors (Lipinski definition) is 4. The van der Waals surface area contributed by atoms with Crippen LogP contribution in [0.2, 0.25) is 0 Å². The predicted molar refractivity (Wildman–Crippen MR) is 118 cm³/mol. The molecule has 6 rings (SSSR count). The van der Waals surface area contributed by atoms with Gasteiger partial charge in [0.05, 0.1) is 24.7 Å². The molecule has 124 valence electrons. The maximum absolute atomic E-state index is 4.73. The molecule has 1 nitrogen and oxygen atoms in total. The van der Waals surface area contributed by atoms with E-state index in [0.717, 1.165) is 5.69 Å². The molecule has 0 spiro atoms. The van der Waals surface area contributed by atoms with Gasteiger partial charge in [0.1, 0.15) is 0 Å². The van der Waals surface area contributed by atoms with Crippen molar-refractivity contribution in [1.82, 2.24) is 4.98 Å². The van der Waals surface area contributed by atoms with Gasteiger partial charge in [-0.2, -0.15) is 0 Å². The van der Waals surface area contributed by atoms with Crippen LogP contribution in [0.5, 0.6) is 0 Å². The Morgan fingerprint density at radius 3 is 2.38 bits per heavy atom. The summed E-state index contributed by atoms with van der Waals surface area (Å²) in [5.74, 6) is 0. The number of rotatable bonds is 1. The van der Waals surface area contributed by atoms with Crippen molar-refractivity contribution in [2.24, 2.45) is 0 Å². The molecule has 0 saturated carbocycles. The van der Waals surface area contributed by atoms with Gasteiger partial charge in [0.15, 0.2) is 0 Å². The third-order valence-electron chi connectivity index (χ3n) is 4.86. The highest BCUT2D eigenvalue weighted by molar-refractivity contribution is 7.33. The van der Waals surface area contributed by atoms with Crippen LogP contribution in [0.15, 0.2) is 60.1 Å². The summed E-state index contributed by atoms with van der Waals surface area (Å²) in [6, 6.07) is 17.7. The summed E-state index contributed by atoms with van der Waals surface area (Å²) in [6.07, 6.45) is 1.95. The average molecular weight is 388 g/mol. The van der Waals surface area contributed by atoms with Gasteiger partial charge in [0.25, 0.3) is 0 Å². The molecule has 6 aromatic rings. The maximum atomic E-state index is 4.73. The predicted octanol–water partition coefficient (Wildman–Crippen LogP) is 7.85. The molecule has 0 aliphatic rings. The summed E-state index contributed by atoms with van der Waals surface area (Å²) in [4.78, 5) is 5.99. The van der Waals surface area contributed by atoms with Crippen molar-refractivity contribution < 1.29 is 0 Å². The SMILES string of the molecule is Cc1csc(-c2nccc3c2sc2c3ccc3c4ccccc4sc32)c1. The van der Waals surface area contributed by atoms with Crippen molar-refractivity contribution in [1.29, 1.82) is 0 Å². The number of aryl methyl sites for hydroxylation is 1. The van der Waals surface area contributed by atoms with Gasteiger partial charge in [0.2, 0.25) is 0 Å². The monoisotopic (exact) mass is 387 g/mol. The zero-order valence-corrected chi connectivity index (χ0v) is 16.4. The first-order chi connectivity index (χ1) is 12.8. The second-order valence-corrected chi connectivity index (χ2v) is 9.53. The molecule has 4 aromatic heterocycles. The van der Waals surface area contributed by atoms with Gasteiger partial charge in [-0.1, -0.05) is 30.3 Å². The van der Waals surface area contributed by atoms with E-state index >= 15 is 0 Å². The van der Waals surface area contributed by atoms with E-state index in [1.165, 1.54) is 50.8 Å². The molecule has 0 radical (unpaired) electrons. The third-order valence-corrected chi connectivity index (χ3v) is 8.50. The van der Waals surface area contributed by atoms with Gasteiger partial charge in [0, 0.05) is 32.4 Å². The number of nitrogens with zero attached hydrogens (tertiary/aromatic N) is 1. The van der Waals surface area contributed by atoms with Crippen molar-refractivity contribution in [3.63, 3.8) is 0 Å². The highest BCUT2D eigenvalue weighted by Crippen LogP contribution is 2.46. The Morgan fingerprint density at radius 2 is 1.54 bits per heavy atom. The molecule has 0 amide bonds. The van der Waals surface area contributed by atoms with E-state index < -0.39 is 0 Å². The van der Waals surface area contributed by atoms with Crippen LogP contribution < -0.4 is 0 Å². The van der Waals surface area contributed by atoms with Gasteiger partial charge in [-0.15, -0.1) is 34.0 Å². The van der Waals surface area contributed by atoms with Crippen LogP contribution in [-0.2, 0) is 0 Å². The molecule has 0 bridgehead atoms. The highest BCUT2D eigenvalue weighted by Gasteiger charge is 2.16. The summed E-state index contributed by atoms with van der Waals surface area (Å²) in [5, 5.41) is 7.60. The molecule has 0 saturated heterocycles. The van der Waals surface area contributed by atoms with Crippen molar-refractivity contribution >= 4 is 74.4 Å². The normalized spacial score (nSPS) is 12.0. The lowest BCUT2D eigenvalue weighted by atomic mass is 10.1. The molecule has 0 aliphatic heterocycles. The lowest BCUT2D eigenvalue weighted by Crippen LogP contribution is -1.79. The minimum Gasteiger partial charge on any atom is -0.254 e. The maximum Gasteiger partial charge on any atom is 0.0980 e. The molecular weight excluding hydrogens is 374 g/mol. The van der Waals surface area contributed by atoms with Crippen LogP contribution in [0.3, 0.4) is 0 Å². The minimum atomic E-state index is 1.12. The van der Waals surface area contributed by atoms with Gasteiger partial charge < -0.3 is 0 Å². The molecule has 0 unspecified atom stereocenters. The molecule has 0 N–H and O–H groups in total. The number of aromatic nitrogens is 1. The summed E-state index contributed by atoms with van der Waals surface area (Å²) in [5.41, 5.74) is 2.42. The minimum absolute atomic E-state index is 1.12. The van der Waals surface area contributed by atoms with E-state index in [9.17, 15) is 0 Å². The van der Waals surface area contributed by atoms with Crippen molar-refractivity contribution in [2.75, 3.05) is 0 Å². The Labute approximate surface area is 162 Å². The smallest absolute Gasteiger partial charge is 0.0980 e. The topological polar surface area (TPSA) is 12.9 Å². The first-order valence-electron chi connectivity index (χ1n) is 8.46. The Kier molecular flexibility index (Phi) is 3.06. The van der Waals surface area contributed by atoms with E-state index in [0.29, 0.717) is 0 Å². The Balaban J connectivity index is 1.77. The van der Waals surface area contributed by atoms with E-state index in [2.05, 4.69) is 60.8 Å². The average Bonchev–Trinajstić information content (AvgIpc) is 3.35. The highest BCUT2D eigenvalue weighted by atomic mass is 32.1. The van der Waals surface area contributed by atoms with Gasteiger partial charge in [-0.25, -0.2) is 0 Å². The van der Waals surface area contributed by atoms with E-state index in [1.54, 1.807) is 11.3 Å². The van der Waals surface area contributed by atoms with Gasteiger partial charge in [-0.3, -0.25) is 4.98 Å². The number of hydrogen-bond donors (Lipinski definition) is 0. The van der Waals surface area contributed by atoms with Crippen molar-refractivity contribution in [2.45, 2.75) is 6.92 Å². The van der Waals surface area contributed by atoms with Crippen LogP contribution in [0.1, 0.15) is 5.56 Å². The quantitative estimate of drug-likeness (QED) is 0.280. The van der Waals surface area contributed by atoms with Crippen LogP contribution >= 0.6 is 34.0 Å². The zero-order valence-electron chi connectivity index (χ0n) is 13.9. The molecule has 4 heterocycles. The van der Waals surface area contributed by atoms with Crippen LogP contribution in [0.4, 0.5) is 0 Å². The standard InChI is InChI=1S/C22H13NS3/c1-12-10-18(24-11-12)19-20-16(8-9-23-19)15-7-6-14-13-4-2-3-5-17(13)25-21(14)22(15)26-20/h2-11H,1H3. The summed E-state index contributed by atoms with van der Waals surface area (Å²) < 4.78 is 5.45. The fourth-order valence-corrected chi connectivity index (χ4v) is 7.28. The number of fused-ring (bicyclic) bond motifs is 7. The van der Waals surface area contributed by atoms with Crippen LogP contribution in [0, 0.1) is 6.92 Å². The number of benzene rings is 2. The van der Waals surface area contributed by atoms with E-state index in [4.69, 9.17) is 4.98 Å². The molecule has 2 aromatic carbocycles. The molecule has 0 aliphatic carbocycles. The second-order valence-electron chi connectivity index (χ2n) is 6.54.